The zero-order valence-corrected chi connectivity index (χ0v) is 6.90. The van der Waals surface area contributed by atoms with Crippen LogP contribution in [0.25, 0.3) is 0 Å². The lowest BCUT2D eigenvalue weighted by Gasteiger charge is -2.20. The van der Waals surface area contributed by atoms with E-state index in [1.165, 1.54) is 0 Å². The van der Waals surface area contributed by atoms with Gasteiger partial charge >= 0.3 is 5.97 Å². The number of nitrogens with one attached hydrogen (secondary N) is 1. The molecule has 1 aliphatic heterocycles. The number of carbonyl (C=O) groups is 2. The minimum atomic E-state index is -1.01. The topological polar surface area (TPSA) is 66.4 Å². The monoisotopic (exact) mass is 175 g/mol. The van der Waals surface area contributed by atoms with Crippen molar-refractivity contribution in [2.24, 2.45) is 0 Å². The first-order valence-electron chi connectivity index (χ1n) is 3.29. The molecule has 0 aliphatic carbocycles. The number of amides is 1. The highest BCUT2D eigenvalue weighted by Gasteiger charge is 2.43. The van der Waals surface area contributed by atoms with Gasteiger partial charge in [0.15, 0.2) is 0 Å². The van der Waals surface area contributed by atoms with Gasteiger partial charge in [0.1, 0.15) is 5.54 Å². The van der Waals surface area contributed by atoms with Crippen LogP contribution in [-0.4, -0.2) is 27.6 Å². The summed E-state index contributed by atoms with van der Waals surface area (Å²) in [4.78, 5) is 21.4. The molecule has 2 N–H and O–H groups in total. The van der Waals surface area contributed by atoms with Gasteiger partial charge < -0.3 is 10.4 Å². The predicted molar refractivity (Wildman–Crippen MR) is 41.6 cm³/mol. The van der Waals surface area contributed by atoms with E-state index in [0.717, 1.165) is 11.8 Å². The second-order valence-electron chi connectivity index (χ2n) is 2.44. The van der Waals surface area contributed by atoms with E-state index >= 15 is 0 Å². The fraction of sp³-hybridized carbons (Fsp3) is 0.667. The van der Waals surface area contributed by atoms with Crippen molar-refractivity contribution >= 4 is 23.0 Å². The van der Waals surface area contributed by atoms with Crippen LogP contribution in [0.15, 0.2) is 0 Å². The summed E-state index contributed by atoms with van der Waals surface area (Å²) >= 11 is 1.03. The van der Waals surface area contributed by atoms with Crippen molar-refractivity contribution in [3.63, 3.8) is 0 Å². The molecule has 11 heavy (non-hydrogen) atoms. The third-order valence-corrected chi connectivity index (χ3v) is 2.81. The molecule has 1 amide bonds. The third-order valence-electron chi connectivity index (χ3n) is 1.80. The van der Waals surface area contributed by atoms with Gasteiger partial charge in [-0.25, -0.2) is 4.79 Å². The molecule has 1 rings (SSSR count). The zero-order valence-electron chi connectivity index (χ0n) is 6.09. The molecule has 62 valence electrons. The number of carboxylic acids is 1. The van der Waals surface area contributed by atoms with Gasteiger partial charge in [0, 0.05) is 5.75 Å². The summed E-state index contributed by atoms with van der Waals surface area (Å²) in [7, 11) is 0. The van der Waals surface area contributed by atoms with Crippen LogP contribution in [-0.2, 0) is 4.79 Å². The fourth-order valence-electron chi connectivity index (χ4n) is 0.913. The Hall–Kier alpha value is -0.710. The number of carbonyl (C=O) groups excluding carboxylic acids is 1. The molecule has 0 aromatic carbocycles. The van der Waals surface area contributed by atoms with Crippen molar-refractivity contribution in [2.45, 2.75) is 18.9 Å². The number of hydrogen-bond donors (Lipinski definition) is 2. The number of thioether (sulfide) groups is 1. The number of hydrogen-bond acceptors (Lipinski definition) is 3. The Bertz CT molecular complexity index is 206. The van der Waals surface area contributed by atoms with Crippen molar-refractivity contribution in [3.8, 4) is 0 Å². The summed E-state index contributed by atoms with van der Waals surface area (Å²) in [5.74, 6) is -0.615. The van der Waals surface area contributed by atoms with E-state index in [1.54, 1.807) is 6.92 Å². The van der Waals surface area contributed by atoms with Gasteiger partial charge in [-0.3, -0.25) is 4.79 Å². The molecule has 0 unspecified atom stereocenters. The zero-order chi connectivity index (χ0) is 8.48. The summed E-state index contributed by atoms with van der Waals surface area (Å²) in [6.07, 6.45) is 0.432. The van der Waals surface area contributed by atoms with Crippen LogP contribution in [0.4, 0.5) is 4.79 Å². The SMILES string of the molecule is CC[C@]1(C(=O)O)CSC(=O)N1. The minimum Gasteiger partial charge on any atom is -0.479 e. The third kappa shape index (κ3) is 1.33. The summed E-state index contributed by atoms with van der Waals surface area (Å²) in [6.45, 7) is 1.75. The summed E-state index contributed by atoms with van der Waals surface area (Å²) < 4.78 is 0. The summed E-state index contributed by atoms with van der Waals surface area (Å²) in [5.41, 5.74) is -1.01. The Morgan fingerprint density at radius 3 is 2.73 bits per heavy atom. The molecule has 1 heterocycles. The van der Waals surface area contributed by atoms with Crippen LogP contribution in [0.1, 0.15) is 13.3 Å². The van der Waals surface area contributed by atoms with Crippen molar-refractivity contribution < 1.29 is 14.7 Å². The second kappa shape index (κ2) is 2.73. The van der Waals surface area contributed by atoms with Crippen LogP contribution >= 0.6 is 11.8 Å². The van der Waals surface area contributed by atoms with E-state index in [1.807, 2.05) is 0 Å². The quantitative estimate of drug-likeness (QED) is 0.647. The lowest BCUT2D eigenvalue weighted by atomic mass is 10.00. The molecule has 5 heteroatoms. The van der Waals surface area contributed by atoms with E-state index in [2.05, 4.69) is 5.32 Å². The number of rotatable bonds is 2. The Balaban J connectivity index is 2.78. The molecule has 0 bridgehead atoms. The molecule has 4 nitrogen and oxygen atoms in total. The highest BCUT2D eigenvalue weighted by Crippen LogP contribution is 2.25. The van der Waals surface area contributed by atoms with E-state index in [9.17, 15) is 9.59 Å². The van der Waals surface area contributed by atoms with Crippen molar-refractivity contribution in [1.29, 1.82) is 0 Å². The van der Waals surface area contributed by atoms with E-state index < -0.39 is 11.5 Å². The predicted octanol–water partition coefficient (Wildman–Crippen LogP) is 0.676. The molecule has 1 atom stereocenters. The van der Waals surface area contributed by atoms with E-state index in [0.29, 0.717) is 12.2 Å². The van der Waals surface area contributed by atoms with Crippen LogP contribution in [0.5, 0.6) is 0 Å². The lowest BCUT2D eigenvalue weighted by Crippen LogP contribution is -2.50. The molecule has 1 fully saturated rings. The van der Waals surface area contributed by atoms with Gasteiger partial charge in [-0.15, -0.1) is 0 Å². The highest BCUT2D eigenvalue weighted by molar-refractivity contribution is 8.14. The van der Waals surface area contributed by atoms with Gasteiger partial charge in [-0.2, -0.15) is 0 Å². The first kappa shape index (κ1) is 8.39. The molecule has 0 aromatic rings. The second-order valence-corrected chi connectivity index (χ2v) is 3.39. The van der Waals surface area contributed by atoms with Crippen LogP contribution < -0.4 is 5.32 Å². The minimum absolute atomic E-state index is 0.241. The fourth-order valence-corrected chi connectivity index (χ4v) is 1.96. The van der Waals surface area contributed by atoms with Gasteiger partial charge in [0.05, 0.1) is 0 Å². The highest BCUT2D eigenvalue weighted by atomic mass is 32.2. The number of aliphatic carboxylic acids is 1. The molecular formula is C6H9NO3S. The Labute approximate surface area is 68.3 Å². The molecule has 1 aliphatic rings. The van der Waals surface area contributed by atoms with E-state index in [-0.39, 0.29) is 5.24 Å². The normalized spacial score (nSPS) is 30.1. The molecule has 0 spiro atoms. The summed E-state index contributed by atoms with van der Waals surface area (Å²) in [5, 5.41) is 11.0. The van der Waals surface area contributed by atoms with Crippen molar-refractivity contribution in [2.75, 3.05) is 5.75 Å². The van der Waals surface area contributed by atoms with Gasteiger partial charge in [0.2, 0.25) is 0 Å². The Morgan fingerprint density at radius 2 is 2.55 bits per heavy atom. The molecule has 1 saturated heterocycles. The van der Waals surface area contributed by atoms with Gasteiger partial charge in [-0.1, -0.05) is 18.7 Å². The maximum absolute atomic E-state index is 10.7. The van der Waals surface area contributed by atoms with Gasteiger partial charge in [-0.05, 0) is 6.42 Å². The molecular weight excluding hydrogens is 166 g/mol. The smallest absolute Gasteiger partial charge is 0.330 e. The largest absolute Gasteiger partial charge is 0.479 e. The standard InChI is InChI=1S/C6H9NO3S/c1-2-6(4(8)9)3-11-5(10)7-6/h2-3H2,1H3,(H,7,10)(H,8,9)/t6-/m1/s1. The average Bonchev–Trinajstić information content (AvgIpc) is 2.33. The average molecular weight is 175 g/mol. The Morgan fingerprint density at radius 1 is 1.91 bits per heavy atom. The maximum atomic E-state index is 10.7. The van der Waals surface area contributed by atoms with E-state index in [4.69, 9.17) is 5.11 Å². The summed E-state index contributed by atoms with van der Waals surface area (Å²) in [6, 6.07) is 0. The Kier molecular flexibility index (Phi) is 2.08. The first-order valence-corrected chi connectivity index (χ1v) is 4.27. The number of carboxylic acid groups (broad SMARTS) is 1. The molecule has 0 aromatic heterocycles. The van der Waals surface area contributed by atoms with Crippen molar-refractivity contribution in [1.82, 2.24) is 5.32 Å². The lowest BCUT2D eigenvalue weighted by molar-refractivity contribution is -0.143. The van der Waals surface area contributed by atoms with Crippen LogP contribution in [0.3, 0.4) is 0 Å². The molecule has 0 saturated carbocycles. The van der Waals surface area contributed by atoms with Gasteiger partial charge in [0.25, 0.3) is 5.24 Å². The van der Waals surface area contributed by atoms with Crippen LogP contribution in [0.2, 0.25) is 0 Å². The molecule has 0 radical (unpaired) electrons. The van der Waals surface area contributed by atoms with Crippen LogP contribution in [0, 0.1) is 0 Å². The van der Waals surface area contributed by atoms with Crippen molar-refractivity contribution in [3.05, 3.63) is 0 Å². The maximum Gasteiger partial charge on any atom is 0.330 e. The first-order chi connectivity index (χ1) is 5.10.